The van der Waals surface area contributed by atoms with Crippen LogP contribution in [0.15, 0.2) is 18.3 Å². The van der Waals surface area contributed by atoms with Crippen molar-refractivity contribution in [2.24, 2.45) is 5.73 Å². The van der Waals surface area contributed by atoms with Gasteiger partial charge < -0.3 is 15.8 Å². The summed E-state index contributed by atoms with van der Waals surface area (Å²) in [5.41, 5.74) is 5.93. The Morgan fingerprint density at radius 2 is 2.47 bits per heavy atom. The number of aromatic nitrogens is 1. The standard InChI is InChI=1S/C10H15N3O2/c1-7(6-11)13-9-5-8(3-4-12-9)10(14)15-2/h3-5,7H,6,11H2,1-2H3,(H,12,13). The number of carbonyl (C=O) groups excluding carboxylic acids is 1. The van der Waals surface area contributed by atoms with Gasteiger partial charge in [0.05, 0.1) is 12.7 Å². The van der Waals surface area contributed by atoms with E-state index in [9.17, 15) is 4.79 Å². The summed E-state index contributed by atoms with van der Waals surface area (Å²) in [6, 6.07) is 3.35. The van der Waals surface area contributed by atoms with Gasteiger partial charge in [0.25, 0.3) is 0 Å². The number of esters is 1. The number of hydrogen-bond donors (Lipinski definition) is 2. The number of carbonyl (C=O) groups is 1. The van der Waals surface area contributed by atoms with Crippen molar-refractivity contribution in [3.05, 3.63) is 23.9 Å². The van der Waals surface area contributed by atoms with Gasteiger partial charge in [-0.15, -0.1) is 0 Å². The Kier molecular flexibility index (Phi) is 4.05. The van der Waals surface area contributed by atoms with Crippen molar-refractivity contribution >= 4 is 11.8 Å². The molecule has 82 valence electrons. The van der Waals surface area contributed by atoms with Crippen LogP contribution in [0.2, 0.25) is 0 Å². The van der Waals surface area contributed by atoms with Crippen LogP contribution < -0.4 is 11.1 Å². The number of nitrogens with one attached hydrogen (secondary N) is 1. The van der Waals surface area contributed by atoms with Gasteiger partial charge in [0.2, 0.25) is 0 Å². The minimum atomic E-state index is -0.374. The number of anilines is 1. The maximum Gasteiger partial charge on any atom is 0.338 e. The van der Waals surface area contributed by atoms with Crippen LogP contribution in [-0.4, -0.2) is 30.6 Å². The van der Waals surface area contributed by atoms with Gasteiger partial charge in [-0.1, -0.05) is 0 Å². The Morgan fingerprint density at radius 3 is 3.07 bits per heavy atom. The van der Waals surface area contributed by atoms with E-state index in [1.807, 2.05) is 6.92 Å². The Balaban J connectivity index is 2.78. The molecule has 5 nitrogen and oxygen atoms in total. The predicted octanol–water partition coefficient (Wildman–Crippen LogP) is 0.627. The van der Waals surface area contributed by atoms with Gasteiger partial charge >= 0.3 is 5.97 Å². The van der Waals surface area contributed by atoms with Gasteiger partial charge in [0.1, 0.15) is 5.82 Å². The first-order valence-corrected chi connectivity index (χ1v) is 4.68. The molecule has 1 rings (SSSR count). The van der Waals surface area contributed by atoms with E-state index >= 15 is 0 Å². The van der Waals surface area contributed by atoms with Gasteiger partial charge in [0.15, 0.2) is 0 Å². The van der Waals surface area contributed by atoms with Crippen LogP contribution >= 0.6 is 0 Å². The second-order valence-corrected chi connectivity index (χ2v) is 3.20. The molecule has 0 amide bonds. The minimum absolute atomic E-state index is 0.116. The van der Waals surface area contributed by atoms with Crippen LogP contribution in [0.1, 0.15) is 17.3 Å². The first kappa shape index (κ1) is 11.5. The fourth-order valence-corrected chi connectivity index (χ4v) is 1.07. The molecule has 0 aliphatic heterocycles. The number of rotatable bonds is 4. The fraction of sp³-hybridized carbons (Fsp3) is 0.400. The van der Waals surface area contributed by atoms with E-state index in [-0.39, 0.29) is 12.0 Å². The minimum Gasteiger partial charge on any atom is -0.465 e. The number of ether oxygens (including phenoxy) is 1. The van der Waals surface area contributed by atoms with Crippen molar-refractivity contribution in [3.63, 3.8) is 0 Å². The monoisotopic (exact) mass is 209 g/mol. The summed E-state index contributed by atoms with van der Waals surface area (Å²) in [5.74, 6) is 0.247. The zero-order valence-corrected chi connectivity index (χ0v) is 8.86. The lowest BCUT2D eigenvalue weighted by atomic mass is 10.2. The van der Waals surface area contributed by atoms with E-state index in [1.54, 1.807) is 18.3 Å². The molecule has 0 aromatic carbocycles. The van der Waals surface area contributed by atoms with Gasteiger partial charge in [-0.3, -0.25) is 0 Å². The number of hydrogen-bond acceptors (Lipinski definition) is 5. The highest BCUT2D eigenvalue weighted by Crippen LogP contribution is 2.08. The molecule has 1 aromatic rings. The van der Waals surface area contributed by atoms with Crippen molar-refractivity contribution in [2.45, 2.75) is 13.0 Å². The normalized spacial score (nSPS) is 11.9. The average Bonchev–Trinajstić information content (AvgIpc) is 2.28. The molecular weight excluding hydrogens is 194 g/mol. The maximum atomic E-state index is 11.2. The van der Waals surface area contributed by atoms with Crippen molar-refractivity contribution < 1.29 is 9.53 Å². The summed E-state index contributed by atoms with van der Waals surface area (Å²) in [7, 11) is 1.35. The van der Waals surface area contributed by atoms with Gasteiger partial charge in [0, 0.05) is 18.8 Å². The molecule has 0 radical (unpaired) electrons. The lowest BCUT2D eigenvalue weighted by Crippen LogP contribution is -2.25. The van der Waals surface area contributed by atoms with Gasteiger partial charge in [-0.25, -0.2) is 9.78 Å². The lowest BCUT2D eigenvalue weighted by Gasteiger charge is -2.12. The van der Waals surface area contributed by atoms with E-state index in [1.165, 1.54) is 7.11 Å². The molecule has 5 heteroatoms. The fourth-order valence-electron chi connectivity index (χ4n) is 1.07. The third-order valence-corrected chi connectivity index (χ3v) is 1.93. The third-order valence-electron chi connectivity index (χ3n) is 1.93. The second-order valence-electron chi connectivity index (χ2n) is 3.20. The topological polar surface area (TPSA) is 77.2 Å². The van der Waals surface area contributed by atoms with Crippen molar-refractivity contribution in [1.82, 2.24) is 4.98 Å². The van der Waals surface area contributed by atoms with Crippen LogP contribution in [0, 0.1) is 0 Å². The van der Waals surface area contributed by atoms with Crippen LogP contribution in [0.4, 0.5) is 5.82 Å². The Morgan fingerprint density at radius 1 is 1.73 bits per heavy atom. The quantitative estimate of drug-likeness (QED) is 0.711. The maximum absolute atomic E-state index is 11.2. The molecule has 0 saturated carbocycles. The largest absolute Gasteiger partial charge is 0.465 e. The van der Waals surface area contributed by atoms with Crippen molar-refractivity contribution in [2.75, 3.05) is 19.0 Å². The number of methoxy groups -OCH3 is 1. The summed E-state index contributed by atoms with van der Waals surface area (Å²) < 4.78 is 4.60. The predicted molar refractivity (Wildman–Crippen MR) is 57.7 cm³/mol. The average molecular weight is 209 g/mol. The summed E-state index contributed by atoms with van der Waals surface area (Å²) in [5, 5.41) is 3.07. The van der Waals surface area contributed by atoms with Gasteiger partial charge in [-0.05, 0) is 19.1 Å². The van der Waals surface area contributed by atoms with E-state index in [4.69, 9.17) is 5.73 Å². The lowest BCUT2D eigenvalue weighted by molar-refractivity contribution is 0.0600. The van der Waals surface area contributed by atoms with Crippen LogP contribution in [0.25, 0.3) is 0 Å². The summed E-state index contributed by atoms with van der Waals surface area (Å²) in [4.78, 5) is 15.3. The van der Waals surface area contributed by atoms with Crippen molar-refractivity contribution in [1.29, 1.82) is 0 Å². The Bertz CT molecular complexity index is 341. The third kappa shape index (κ3) is 3.21. The molecule has 1 aromatic heterocycles. The highest BCUT2D eigenvalue weighted by atomic mass is 16.5. The zero-order chi connectivity index (χ0) is 11.3. The molecule has 3 N–H and O–H groups in total. The number of nitrogens with two attached hydrogens (primary N) is 1. The smallest absolute Gasteiger partial charge is 0.338 e. The molecule has 1 heterocycles. The molecule has 0 bridgehead atoms. The molecule has 1 atom stereocenters. The SMILES string of the molecule is COC(=O)c1ccnc(NC(C)CN)c1. The van der Waals surface area contributed by atoms with Crippen LogP contribution in [0.3, 0.4) is 0 Å². The summed E-state index contributed by atoms with van der Waals surface area (Å²) in [6.45, 7) is 2.44. The van der Waals surface area contributed by atoms with Gasteiger partial charge in [-0.2, -0.15) is 0 Å². The number of pyridine rings is 1. The van der Waals surface area contributed by atoms with E-state index in [0.717, 1.165) is 0 Å². The van der Waals surface area contributed by atoms with E-state index in [2.05, 4.69) is 15.0 Å². The first-order chi connectivity index (χ1) is 7.17. The molecule has 0 saturated heterocycles. The molecule has 0 fully saturated rings. The zero-order valence-electron chi connectivity index (χ0n) is 8.86. The van der Waals surface area contributed by atoms with E-state index < -0.39 is 0 Å². The molecular formula is C10H15N3O2. The Hall–Kier alpha value is -1.62. The van der Waals surface area contributed by atoms with Crippen LogP contribution in [0.5, 0.6) is 0 Å². The number of nitrogens with zero attached hydrogens (tertiary/aromatic N) is 1. The van der Waals surface area contributed by atoms with Crippen LogP contribution in [-0.2, 0) is 4.74 Å². The molecule has 15 heavy (non-hydrogen) atoms. The molecule has 0 aliphatic carbocycles. The first-order valence-electron chi connectivity index (χ1n) is 4.68. The van der Waals surface area contributed by atoms with E-state index in [0.29, 0.717) is 17.9 Å². The second kappa shape index (κ2) is 5.31. The highest BCUT2D eigenvalue weighted by molar-refractivity contribution is 5.89. The summed E-state index contributed by atoms with van der Waals surface area (Å²) >= 11 is 0. The highest BCUT2D eigenvalue weighted by Gasteiger charge is 2.07. The van der Waals surface area contributed by atoms with Crippen molar-refractivity contribution in [3.8, 4) is 0 Å². The Labute approximate surface area is 88.6 Å². The molecule has 0 spiro atoms. The summed E-state index contributed by atoms with van der Waals surface area (Å²) in [6.07, 6.45) is 1.55. The molecule has 0 aliphatic rings. The molecule has 1 unspecified atom stereocenters.